The first-order valence-corrected chi connectivity index (χ1v) is 8.38. The summed E-state index contributed by atoms with van der Waals surface area (Å²) in [4.78, 5) is 11.8. The molecule has 0 aromatic heterocycles. The summed E-state index contributed by atoms with van der Waals surface area (Å²) in [5.41, 5.74) is 0.810. The number of nitrogens with two attached hydrogens (primary N) is 1. The summed E-state index contributed by atoms with van der Waals surface area (Å²) < 4.78 is 21.5. The van der Waals surface area contributed by atoms with Crippen molar-refractivity contribution in [1.29, 1.82) is 0 Å². The first-order valence-electron chi connectivity index (χ1n) is 5.91. The Morgan fingerprint density at radius 3 is 2.60 bits per heavy atom. The maximum Gasteiger partial charge on any atom is 0.223 e. The standard InChI is InChI=1S/C12H16Cl2N2O3S/c1-8(12(17)16-4-5-20(15,18)19)6-9-2-3-10(13)7-11(9)14/h2-3,7-8H,4-6H2,1H3,(H,16,17)(H2,15,18,19)/t8-/m1/s1. The number of hydrogen-bond donors (Lipinski definition) is 2. The lowest BCUT2D eigenvalue weighted by Crippen LogP contribution is -2.35. The summed E-state index contributed by atoms with van der Waals surface area (Å²) in [7, 11) is -3.57. The Morgan fingerprint density at radius 2 is 2.05 bits per heavy atom. The topological polar surface area (TPSA) is 89.3 Å². The molecule has 0 fully saturated rings. The van der Waals surface area contributed by atoms with Gasteiger partial charge in [0.1, 0.15) is 0 Å². The van der Waals surface area contributed by atoms with Gasteiger partial charge in [-0.3, -0.25) is 4.79 Å². The summed E-state index contributed by atoms with van der Waals surface area (Å²) in [6, 6.07) is 5.08. The van der Waals surface area contributed by atoms with E-state index in [1.165, 1.54) is 0 Å². The van der Waals surface area contributed by atoms with E-state index in [1.807, 2.05) is 0 Å². The molecule has 1 atom stereocenters. The van der Waals surface area contributed by atoms with E-state index in [0.29, 0.717) is 16.5 Å². The van der Waals surface area contributed by atoms with Gasteiger partial charge in [-0.25, -0.2) is 13.6 Å². The Hall–Kier alpha value is -0.820. The van der Waals surface area contributed by atoms with Crippen LogP contribution in [0.25, 0.3) is 0 Å². The molecule has 20 heavy (non-hydrogen) atoms. The van der Waals surface area contributed by atoms with E-state index in [1.54, 1.807) is 25.1 Å². The van der Waals surface area contributed by atoms with Crippen molar-refractivity contribution < 1.29 is 13.2 Å². The highest BCUT2D eigenvalue weighted by Crippen LogP contribution is 2.23. The minimum absolute atomic E-state index is 0.00361. The molecule has 1 aromatic carbocycles. The number of halogens is 2. The molecule has 5 nitrogen and oxygen atoms in total. The number of hydrogen-bond acceptors (Lipinski definition) is 3. The Bertz CT molecular complexity index is 590. The normalized spacial score (nSPS) is 13.0. The largest absolute Gasteiger partial charge is 0.355 e. The molecule has 0 bridgehead atoms. The van der Waals surface area contributed by atoms with E-state index in [0.717, 1.165) is 5.56 Å². The second-order valence-electron chi connectivity index (χ2n) is 4.50. The third-order valence-corrected chi connectivity index (χ3v) is 4.03. The SMILES string of the molecule is C[C@H](Cc1ccc(Cl)cc1Cl)C(=O)NCCS(N)(=O)=O. The Kier molecular flexibility index (Phi) is 6.26. The maximum absolute atomic E-state index is 11.8. The zero-order valence-electron chi connectivity index (χ0n) is 10.9. The van der Waals surface area contributed by atoms with Gasteiger partial charge in [-0.1, -0.05) is 36.2 Å². The van der Waals surface area contributed by atoms with Crippen molar-refractivity contribution in [3.05, 3.63) is 33.8 Å². The summed E-state index contributed by atoms with van der Waals surface area (Å²) in [6.07, 6.45) is 0.442. The minimum atomic E-state index is -3.57. The molecule has 3 N–H and O–H groups in total. The Morgan fingerprint density at radius 1 is 1.40 bits per heavy atom. The van der Waals surface area contributed by atoms with Crippen LogP contribution in [-0.4, -0.2) is 26.6 Å². The van der Waals surface area contributed by atoms with Crippen molar-refractivity contribution in [2.75, 3.05) is 12.3 Å². The lowest BCUT2D eigenvalue weighted by molar-refractivity contribution is -0.124. The van der Waals surface area contributed by atoms with E-state index in [4.69, 9.17) is 28.3 Å². The molecule has 1 rings (SSSR count). The Labute approximate surface area is 128 Å². The number of primary sulfonamides is 1. The average Bonchev–Trinajstić information content (AvgIpc) is 2.30. The molecule has 0 heterocycles. The first kappa shape index (κ1) is 17.2. The van der Waals surface area contributed by atoms with E-state index in [2.05, 4.69) is 5.32 Å². The van der Waals surface area contributed by atoms with Gasteiger partial charge < -0.3 is 5.32 Å². The van der Waals surface area contributed by atoms with Crippen LogP contribution >= 0.6 is 23.2 Å². The quantitative estimate of drug-likeness (QED) is 0.825. The van der Waals surface area contributed by atoms with Crippen LogP contribution < -0.4 is 10.5 Å². The van der Waals surface area contributed by atoms with E-state index in [9.17, 15) is 13.2 Å². The molecule has 0 unspecified atom stereocenters. The van der Waals surface area contributed by atoms with Crippen molar-refractivity contribution in [2.24, 2.45) is 11.1 Å². The monoisotopic (exact) mass is 338 g/mol. The molecule has 0 saturated carbocycles. The zero-order chi connectivity index (χ0) is 15.3. The van der Waals surface area contributed by atoms with Gasteiger partial charge in [0, 0.05) is 22.5 Å². The van der Waals surface area contributed by atoms with Crippen molar-refractivity contribution >= 4 is 39.1 Å². The van der Waals surface area contributed by atoms with Crippen LogP contribution in [0.4, 0.5) is 0 Å². The summed E-state index contributed by atoms with van der Waals surface area (Å²) in [5.74, 6) is -0.874. The van der Waals surface area contributed by atoms with Gasteiger partial charge in [0.05, 0.1) is 5.75 Å². The molecule has 0 aliphatic heterocycles. The number of rotatable bonds is 6. The number of sulfonamides is 1. The van der Waals surface area contributed by atoms with Gasteiger partial charge in [0.15, 0.2) is 0 Å². The second-order valence-corrected chi connectivity index (χ2v) is 7.08. The third-order valence-electron chi connectivity index (χ3n) is 2.67. The van der Waals surface area contributed by atoms with Gasteiger partial charge in [0.25, 0.3) is 0 Å². The van der Waals surface area contributed by atoms with E-state index in [-0.39, 0.29) is 24.1 Å². The molecule has 0 aliphatic rings. The smallest absolute Gasteiger partial charge is 0.223 e. The highest BCUT2D eigenvalue weighted by Gasteiger charge is 2.15. The van der Waals surface area contributed by atoms with Crippen molar-refractivity contribution in [2.45, 2.75) is 13.3 Å². The van der Waals surface area contributed by atoms with Gasteiger partial charge in [0.2, 0.25) is 15.9 Å². The number of benzene rings is 1. The van der Waals surface area contributed by atoms with Crippen LogP contribution in [0, 0.1) is 5.92 Å². The van der Waals surface area contributed by atoms with Crippen LogP contribution in [0.15, 0.2) is 18.2 Å². The van der Waals surface area contributed by atoms with Crippen molar-refractivity contribution in [3.8, 4) is 0 Å². The predicted molar refractivity (Wildman–Crippen MR) is 80.3 cm³/mol. The van der Waals surface area contributed by atoms with Crippen LogP contribution in [0.1, 0.15) is 12.5 Å². The van der Waals surface area contributed by atoms with E-state index >= 15 is 0 Å². The van der Waals surface area contributed by atoms with Crippen molar-refractivity contribution in [3.63, 3.8) is 0 Å². The molecular weight excluding hydrogens is 323 g/mol. The van der Waals surface area contributed by atoms with E-state index < -0.39 is 10.0 Å². The molecule has 8 heteroatoms. The lowest BCUT2D eigenvalue weighted by Gasteiger charge is -2.13. The molecule has 1 aromatic rings. The summed E-state index contributed by atoms with van der Waals surface area (Å²) in [5, 5.41) is 8.40. The number of amides is 1. The fourth-order valence-electron chi connectivity index (χ4n) is 1.60. The number of carbonyl (C=O) groups is 1. The van der Waals surface area contributed by atoms with Gasteiger partial charge >= 0.3 is 0 Å². The summed E-state index contributed by atoms with van der Waals surface area (Å²) in [6.45, 7) is 1.73. The van der Waals surface area contributed by atoms with Gasteiger partial charge in [-0.05, 0) is 24.1 Å². The summed E-state index contributed by atoms with van der Waals surface area (Å²) >= 11 is 11.8. The van der Waals surface area contributed by atoms with Crippen LogP contribution in [0.2, 0.25) is 10.0 Å². The molecular formula is C12H16Cl2N2O3S. The molecule has 112 valence electrons. The van der Waals surface area contributed by atoms with Gasteiger partial charge in [-0.2, -0.15) is 0 Å². The predicted octanol–water partition coefficient (Wildman–Crippen LogP) is 1.58. The Balaban J connectivity index is 2.53. The highest BCUT2D eigenvalue weighted by atomic mass is 35.5. The van der Waals surface area contributed by atoms with Crippen LogP contribution in [0.3, 0.4) is 0 Å². The molecule has 0 spiro atoms. The fraction of sp³-hybridized carbons (Fsp3) is 0.417. The van der Waals surface area contributed by atoms with Gasteiger partial charge in [-0.15, -0.1) is 0 Å². The molecule has 0 aliphatic carbocycles. The fourth-order valence-corrected chi connectivity index (χ4v) is 2.47. The highest BCUT2D eigenvalue weighted by molar-refractivity contribution is 7.89. The lowest BCUT2D eigenvalue weighted by atomic mass is 10.0. The molecule has 0 radical (unpaired) electrons. The molecule has 1 amide bonds. The maximum atomic E-state index is 11.8. The second kappa shape index (κ2) is 7.26. The minimum Gasteiger partial charge on any atom is -0.355 e. The number of carbonyl (C=O) groups excluding carboxylic acids is 1. The average molecular weight is 339 g/mol. The van der Waals surface area contributed by atoms with Crippen LogP contribution in [0.5, 0.6) is 0 Å². The third kappa shape index (κ3) is 6.09. The first-order chi connectivity index (χ1) is 9.19. The van der Waals surface area contributed by atoms with Crippen molar-refractivity contribution in [1.82, 2.24) is 5.32 Å². The molecule has 0 saturated heterocycles. The zero-order valence-corrected chi connectivity index (χ0v) is 13.2. The van der Waals surface area contributed by atoms with Crippen LogP contribution in [-0.2, 0) is 21.2 Å². The number of nitrogens with one attached hydrogen (secondary N) is 1.